The summed E-state index contributed by atoms with van der Waals surface area (Å²) in [6.45, 7) is 8.37. The van der Waals surface area contributed by atoms with Crippen molar-refractivity contribution in [3.63, 3.8) is 0 Å². The van der Waals surface area contributed by atoms with E-state index < -0.39 is 17.0 Å². The topological polar surface area (TPSA) is 25.8 Å². The molecule has 4 aromatic rings. The van der Waals surface area contributed by atoms with Crippen molar-refractivity contribution in [2.75, 3.05) is 0 Å². The van der Waals surface area contributed by atoms with E-state index in [0.717, 1.165) is 28.7 Å². The quantitative estimate of drug-likeness (QED) is 0.198. The van der Waals surface area contributed by atoms with Gasteiger partial charge in [-0.15, -0.1) is 11.6 Å². The summed E-state index contributed by atoms with van der Waals surface area (Å²) in [7, 11) is 0. The van der Waals surface area contributed by atoms with E-state index in [9.17, 15) is 8.78 Å². The minimum absolute atomic E-state index is 0. The molecule has 3 heterocycles. The van der Waals surface area contributed by atoms with Gasteiger partial charge in [-0.25, -0.2) is 5.56 Å². The van der Waals surface area contributed by atoms with Gasteiger partial charge < -0.3 is 0 Å². The fraction of sp³-hybridized carbons (Fsp3) is 0.241. The number of pyridine rings is 2. The van der Waals surface area contributed by atoms with Crippen molar-refractivity contribution in [3.8, 4) is 22.4 Å². The van der Waals surface area contributed by atoms with Crippen LogP contribution in [-0.4, -0.2) is 9.97 Å². The Morgan fingerprint density at radius 1 is 0.765 bits per heavy atom. The molecule has 5 heteroatoms. The average Bonchev–Trinajstić information content (AvgIpc) is 2.79. The molecule has 2 nitrogen and oxygen atoms in total. The van der Waals surface area contributed by atoms with Gasteiger partial charge in [-0.05, 0) is 18.2 Å². The van der Waals surface area contributed by atoms with E-state index in [2.05, 4.69) is 39.8 Å². The van der Waals surface area contributed by atoms with Crippen LogP contribution in [0.5, 0.6) is 0 Å². The fourth-order valence-corrected chi connectivity index (χ4v) is 4.42. The zero-order valence-corrected chi connectivity index (χ0v) is 21.7. The minimum atomic E-state index is -0.687. The van der Waals surface area contributed by atoms with Crippen molar-refractivity contribution in [1.82, 2.24) is 9.97 Å². The molecule has 1 aliphatic rings. The second-order valence-electron chi connectivity index (χ2n) is 9.80. The summed E-state index contributed by atoms with van der Waals surface area (Å²) in [6, 6.07) is 24.4. The van der Waals surface area contributed by atoms with E-state index in [-0.39, 0.29) is 37.6 Å². The van der Waals surface area contributed by atoms with E-state index in [4.69, 9.17) is 9.97 Å². The number of benzene rings is 2. The predicted octanol–water partition coefficient (Wildman–Crippen LogP) is 6.85. The van der Waals surface area contributed by atoms with Crippen LogP contribution in [0.15, 0.2) is 60.7 Å². The first kappa shape index (κ1) is 24.4. The van der Waals surface area contributed by atoms with Crippen LogP contribution in [0.1, 0.15) is 50.3 Å². The number of halogens is 2. The standard InChI is InChI=1S/C29H24F2N2.Pt/c1-28(2)17-20-10-6-13-27(32-20)29(3,4)19-9-5-8-18(14-19)21-15-22(24(31)16-23(21)30)25-11-7-12-26(28)33-25;/h5-13,16H,17H2,1-4H3;/q-2;+2. The largest absolute Gasteiger partial charge is 2.00 e. The van der Waals surface area contributed by atoms with Crippen LogP contribution < -0.4 is 0 Å². The van der Waals surface area contributed by atoms with Crippen molar-refractivity contribution in [3.05, 3.63) is 107 Å². The number of aromatic nitrogens is 2. The predicted molar refractivity (Wildman–Crippen MR) is 126 cm³/mol. The molecule has 1 aliphatic heterocycles. The van der Waals surface area contributed by atoms with Crippen molar-refractivity contribution in [2.45, 2.75) is 44.9 Å². The number of fused-ring (bicyclic) bond motifs is 10. The van der Waals surface area contributed by atoms with Crippen molar-refractivity contribution < 1.29 is 29.8 Å². The Morgan fingerprint density at radius 3 is 2.24 bits per heavy atom. The summed E-state index contributed by atoms with van der Waals surface area (Å²) in [6.07, 6.45) is 0.665. The third-order valence-electron chi connectivity index (χ3n) is 6.49. The summed E-state index contributed by atoms with van der Waals surface area (Å²) in [5.41, 5.74) is 3.99. The molecular formula is C29H24F2N2Pt. The van der Waals surface area contributed by atoms with E-state index >= 15 is 0 Å². The van der Waals surface area contributed by atoms with E-state index in [1.54, 1.807) is 12.1 Å². The molecule has 0 fully saturated rings. The molecule has 34 heavy (non-hydrogen) atoms. The molecule has 0 saturated heterocycles. The normalized spacial score (nSPS) is 15.5. The van der Waals surface area contributed by atoms with Crippen molar-refractivity contribution in [2.24, 2.45) is 0 Å². The van der Waals surface area contributed by atoms with Gasteiger partial charge in [0.25, 0.3) is 0 Å². The van der Waals surface area contributed by atoms with Gasteiger partial charge in [0.05, 0.1) is 5.82 Å². The molecule has 0 radical (unpaired) electrons. The number of hydrogen-bond donors (Lipinski definition) is 0. The Morgan fingerprint density at radius 2 is 1.44 bits per heavy atom. The van der Waals surface area contributed by atoms with Crippen LogP contribution in [0.3, 0.4) is 0 Å². The molecule has 0 N–H and O–H groups in total. The Hall–Kier alpha value is -2.71. The maximum Gasteiger partial charge on any atom is 2.00 e. The van der Waals surface area contributed by atoms with Gasteiger partial charge in [0.2, 0.25) is 0 Å². The summed E-state index contributed by atoms with van der Waals surface area (Å²) >= 11 is 0. The summed E-state index contributed by atoms with van der Waals surface area (Å²) in [5, 5.41) is 0. The Bertz CT molecular complexity index is 1380. The van der Waals surface area contributed by atoms with Crippen LogP contribution in [0, 0.1) is 23.8 Å². The van der Waals surface area contributed by atoms with Gasteiger partial charge in [-0.2, -0.15) is 29.8 Å². The second-order valence-corrected chi connectivity index (χ2v) is 9.80. The number of rotatable bonds is 0. The third-order valence-corrected chi connectivity index (χ3v) is 6.49. The van der Waals surface area contributed by atoms with E-state index in [1.165, 1.54) is 0 Å². The Balaban J connectivity index is 0.00000274. The zero-order chi connectivity index (χ0) is 23.4. The smallest absolute Gasteiger partial charge is 0.291 e. The molecule has 2 aromatic heterocycles. The molecular weight excluding hydrogens is 609 g/mol. The Labute approximate surface area is 213 Å². The van der Waals surface area contributed by atoms with Crippen molar-refractivity contribution in [1.29, 1.82) is 0 Å². The fourth-order valence-electron chi connectivity index (χ4n) is 4.42. The first-order valence-corrected chi connectivity index (χ1v) is 11.0. The molecule has 8 bridgehead atoms. The molecule has 0 amide bonds. The molecule has 5 rings (SSSR count). The molecule has 0 aliphatic carbocycles. The SMILES string of the molecule is CC1(C)Cc2cccc(n2)C(C)(C)c2[c-]c(ccc2)-c2[c-]c(c(F)cc2F)-c2cccc1n2.[Pt+2]. The molecule has 174 valence electrons. The van der Waals surface area contributed by atoms with Crippen LogP contribution >= 0.6 is 0 Å². The van der Waals surface area contributed by atoms with E-state index in [0.29, 0.717) is 17.7 Å². The van der Waals surface area contributed by atoms with Gasteiger partial charge in [-0.3, -0.25) is 18.7 Å². The molecule has 0 atom stereocenters. The molecule has 2 aromatic carbocycles. The molecule has 0 saturated carbocycles. The van der Waals surface area contributed by atoms with Gasteiger partial charge in [0.15, 0.2) is 0 Å². The maximum absolute atomic E-state index is 14.9. The molecule has 0 unspecified atom stereocenters. The number of nitrogens with zero attached hydrogens (tertiary/aromatic N) is 2. The summed E-state index contributed by atoms with van der Waals surface area (Å²) in [4.78, 5) is 9.76. The van der Waals surface area contributed by atoms with Crippen LogP contribution in [0.2, 0.25) is 0 Å². The summed E-state index contributed by atoms with van der Waals surface area (Å²) < 4.78 is 29.8. The van der Waals surface area contributed by atoms with Crippen LogP contribution in [0.4, 0.5) is 8.78 Å². The van der Waals surface area contributed by atoms with Gasteiger partial charge in [0, 0.05) is 45.8 Å². The van der Waals surface area contributed by atoms with Gasteiger partial charge in [-0.1, -0.05) is 57.5 Å². The second kappa shape index (κ2) is 8.82. The monoisotopic (exact) mass is 633 g/mol. The summed E-state index contributed by atoms with van der Waals surface area (Å²) in [5.74, 6) is -1.36. The van der Waals surface area contributed by atoms with Crippen LogP contribution in [-0.2, 0) is 38.3 Å². The average molecular weight is 634 g/mol. The number of hydrogen-bond acceptors (Lipinski definition) is 2. The molecule has 0 spiro atoms. The Kier molecular flexibility index (Phi) is 6.33. The van der Waals surface area contributed by atoms with Crippen molar-refractivity contribution >= 4 is 0 Å². The van der Waals surface area contributed by atoms with Gasteiger partial charge in [0.1, 0.15) is 0 Å². The van der Waals surface area contributed by atoms with Gasteiger partial charge >= 0.3 is 21.1 Å². The maximum atomic E-state index is 14.9. The first-order chi connectivity index (χ1) is 15.6. The van der Waals surface area contributed by atoms with E-state index in [1.807, 2.05) is 42.5 Å². The third kappa shape index (κ3) is 4.25. The first-order valence-electron chi connectivity index (χ1n) is 11.0. The zero-order valence-electron chi connectivity index (χ0n) is 19.4. The minimum Gasteiger partial charge on any atom is -0.291 e. The van der Waals surface area contributed by atoms with Crippen LogP contribution in [0.25, 0.3) is 22.4 Å².